The number of carbonyl (C=O) groups is 1. The van der Waals surface area contributed by atoms with Crippen molar-refractivity contribution in [2.24, 2.45) is 0 Å². The standard InChI is InChI=1S/C23H31NO2S/c1-15(2)20-12-21(17(4)11-22(20)26-6)18(5)24-23(25)14-27-13-19-9-7-16(3)8-10-19/h7-12,15,18H,13-14H2,1-6H3,(H,24,25). The molecule has 0 aromatic heterocycles. The first-order chi connectivity index (χ1) is 12.8. The van der Waals surface area contributed by atoms with Crippen LogP contribution < -0.4 is 10.1 Å². The summed E-state index contributed by atoms with van der Waals surface area (Å²) in [6.07, 6.45) is 0. The van der Waals surface area contributed by atoms with Crippen LogP contribution in [0.2, 0.25) is 0 Å². The normalized spacial score (nSPS) is 12.1. The molecule has 2 aromatic rings. The van der Waals surface area contributed by atoms with Gasteiger partial charge in [0, 0.05) is 5.75 Å². The molecule has 0 aliphatic carbocycles. The second kappa shape index (κ2) is 9.84. The highest BCUT2D eigenvalue weighted by Gasteiger charge is 2.16. The van der Waals surface area contributed by atoms with Crippen LogP contribution in [0, 0.1) is 13.8 Å². The fraction of sp³-hybridized carbons (Fsp3) is 0.435. The number of nitrogens with one attached hydrogen (secondary N) is 1. The Morgan fingerprint density at radius 2 is 1.74 bits per heavy atom. The maximum Gasteiger partial charge on any atom is 0.230 e. The Labute approximate surface area is 167 Å². The van der Waals surface area contributed by atoms with Gasteiger partial charge in [0.2, 0.25) is 5.91 Å². The van der Waals surface area contributed by atoms with Gasteiger partial charge in [-0.15, -0.1) is 11.8 Å². The van der Waals surface area contributed by atoms with Crippen LogP contribution in [-0.4, -0.2) is 18.8 Å². The highest BCUT2D eigenvalue weighted by Crippen LogP contribution is 2.32. The number of thioether (sulfide) groups is 1. The van der Waals surface area contributed by atoms with Crippen LogP contribution >= 0.6 is 11.8 Å². The Morgan fingerprint density at radius 3 is 2.33 bits per heavy atom. The molecular weight excluding hydrogens is 354 g/mol. The van der Waals surface area contributed by atoms with Gasteiger partial charge >= 0.3 is 0 Å². The average Bonchev–Trinajstić information content (AvgIpc) is 2.62. The molecule has 2 rings (SSSR count). The van der Waals surface area contributed by atoms with E-state index in [-0.39, 0.29) is 11.9 Å². The van der Waals surface area contributed by atoms with Gasteiger partial charge in [0.05, 0.1) is 18.9 Å². The van der Waals surface area contributed by atoms with E-state index in [1.807, 2.05) is 6.92 Å². The first kappa shape index (κ1) is 21.4. The zero-order chi connectivity index (χ0) is 20.0. The van der Waals surface area contributed by atoms with Gasteiger partial charge in [-0.3, -0.25) is 4.79 Å². The van der Waals surface area contributed by atoms with Crippen molar-refractivity contribution < 1.29 is 9.53 Å². The first-order valence-corrected chi connectivity index (χ1v) is 10.6. The average molecular weight is 386 g/mol. The molecule has 146 valence electrons. The topological polar surface area (TPSA) is 38.3 Å². The fourth-order valence-electron chi connectivity index (χ4n) is 3.12. The van der Waals surface area contributed by atoms with Crippen LogP contribution in [0.1, 0.15) is 60.5 Å². The quantitative estimate of drug-likeness (QED) is 0.648. The number of amides is 1. The molecule has 0 aliphatic heterocycles. The third kappa shape index (κ3) is 6.03. The van der Waals surface area contributed by atoms with Crippen LogP contribution in [0.5, 0.6) is 5.75 Å². The SMILES string of the molecule is COc1cc(C)c(C(C)NC(=O)CSCc2ccc(C)cc2)cc1C(C)C. The molecule has 1 unspecified atom stereocenters. The van der Waals surface area contributed by atoms with Gasteiger partial charge in [-0.25, -0.2) is 0 Å². The maximum atomic E-state index is 12.4. The summed E-state index contributed by atoms with van der Waals surface area (Å²) in [6, 6.07) is 12.7. The van der Waals surface area contributed by atoms with Gasteiger partial charge in [-0.2, -0.15) is 0 Å². The highest BCUT2D eigenvalue weighted by molar-refractivity contribution is 7.99. The molecule has 3 nitrogen and oxygen atoms in total. The molecule has 1 N–H and O–H groups in total. The van der Waals surface area contributed by atoms with Crippen LogP contribution in [0.4, 0.5) is 0 Å². The lowest BCUT2D eigenvalue weighted by atomic mass is 9.93. The van der Waals surface area contributed by atoms with Crippen LogP contribution in [-0.2, 0) is 10.5 Å². The third-order valence-electron chi connectivity index (χ3n) is 4.71. The molecular formula is C23H31NO2S. The van der Waals surface area contributed by atoms with Crippen LogP contribution in [0.25, 0.3) is 0 Å². The van der Waals surface area contributed by atoms with Crippen molar-refractivity contribution in [3.05, 3.63) is 64.2 Å². The van der Waals surface area contributed by atoms with Gasteiger partial charge in [0.1, 0.15) is 5.75 Å². The molecule has 2 aromatic carbocycles. The Bertz CT molecular complexity index is 769. The van der Waals surface area contributed by atoms with E-state index in [1.165, 1.54) is 16.7 Å². The molecule has 0 fully saturated rings. The summed E-state index contributed by atoms with van der Waals surface area (Å²) >= 11 is 1.64. The molecule has 1 amide bonds. The van der Waals surface area contributed by atoms with Crippen molar-refractivity contribution in [2.75, 3.05) is 12.9 Å². The molecule has 0 spiro atoms. The summed E-state index contributed by atoms with van der Waals surface area (Å²) in [5.74, 6) is 2.66. The molecule has 0 saturated heterocycles. The van der Waals surface area contributed by atoms with Crippen LogP contribution in [0.15, 0.2) is 36.4 Å². The number of ether oxygens (including phenoxy) is 1. The van der Waals surface area contributed by atoms with Crippen molar-refractivity contribution in [1.82, 2.24) is 5.32 Å². The lowest BCUT2D eigenvalue weighted by molar-refractivity contribution is -0.119. The molecule has 0 heterocycles. The van der Waals surface area contributed by atoms with Crippen molar-refractivity contribution in [1.29, 1.82) is 0 Å². The number of hydrogen-bond donors (Lipinski definition) is 1. The minimum Gasteiger partial charge on any atom is -0.496 e. The molecule has 0 saturated carbocycles. The first-order valence-electron chi connectivity index (χ1n) is 9.43. The minimum atomic E-state index is -0.0270. The number of hydrogen-bond acceptors (Lipinski definition) is 3. The Kier molecular flexibility index (Phi) is 7.78. The summed E-state index contributed by atoms with van der Waals surface area (Å²) in [5, 5.41) is 3.14. The smallest absolute Gasteiger partial charge is 0.230 e. The molecule has 4 heteroatoms. The van der Waals surface area contributed by atoms with Crippen molar-refractivity contribution >= 4 is 17.7 Å². The Balaban J connectivity index is 1.95. The van der Waals surface area contributed by atoms with Gasteiger partial charge in [-0.1, -0.05) is 43.7 Å². The second-order valence-electron chi connectivity index (χ2n) is 7.37. The molecule has 27 heavy (non-hydrogen) atoms. The number of aryl methyl sites for hydroxylation is 2. The zero-order valence-corrected chi connectivity index (χ0v) is 18.1. The highest BCUT2D eigenvalue weighted by atomic mass is 32.2. The van der Waals surface area contributed by atoms with Crippen molar-refractivity contribution in [3.8, 4) is 5.75 Å². The number of rotatable bonds is 8. The summed E-state index contributed by atoms with van der Waals surface area (Å²) in [5.41, 5.74) is 5.96. The summed E-state index contributed by atoms with van der Waals surface area (Å²) in [6.45, 7) is 10.5. The zero-order valence-electron chi connectivity index (χ0n) is 17.3. The summed E-state index contributed by atoms with van der Waals surface area (Å²) in [4.78, 5) is 12.4. The largest absolute Gasteiger partial charge is 0.496 e. The molecule has 0 bridgehead atoms. The third-order valence-corrected chi connectivity index (χ3v) is 5.71. The van der Waals surface area contributed by atoms with Gasteiger partial charge in [0.25, 0.3) is 0 Å². The maximum absolute atomic E-state index is 12.4. The Morgan fingerprint density at radius 1 is 1.07 bits per heavy atom. The fourth-order valence-corrected chi connectivity index (χ4v) is 3.92. The van der Waals surface area contributed by atoms with E-state index in [4.69, 9.17) is 4.74 Å². The van der Waals surface area contributed by atoms with E-state index in [0.29, 0.717) is 11.7 Å². The summed E-state index contributed by atoms with van der Waals surface area (Å²) in [7, 11) is 1.71. The van der Waals surface area contributed by atoms with E-state index < -0.39 is 0 Å². The van der Waals surface area contributed by atoms with E-state index in [9.17, 15) is 4.79 Å². The molecule has 0 radical (unpaired) electrons. The van der Waals surface area contributed by atoms with Crippen molar-refractivity contribution in [3.63, 3.8) is 0 Å². The van der Waals surface area contributed by atoms with Gasteiger partial charge in [0.15, 0.2) is 0 Å². The Hall–Kier alpha value is -1.94. The number of benzene rings is 2. The monoisotopic (exact) mass is 385 g/mol. The summed E-state index contributed by atoms with van der Waals surface area (Å²) < 4.78 is 5.52. The lowest BCUT2D eigenvalue weighted by Gasteiger charge is -2.21. The molecule has 0 aliphatic rings. The van der Waals surface area contributed by atoms with Crippen LogP contribution in [0.3, 0.4) is 0 Å². The van der Waals surface area contributed by atoms with E-state index in [0.717, 1.165) is 22.6 Å². The predicted molar refractivity (Wildman–Crippen MR) is 116 cm³/mol. The number of carbonyl (C=O) groups excluding carboxylic acids is 1. The molecule has 1 atom stereocenters. The predicted octanol–water partition coefficient (Wildman–Crippen LogP) is 5.55. The van der Waals surface area contributed by atoms with E-state index in [2.05, 4.69) is 69.4 Å². The lowest BCUT2D eigenvalue weighted by Crippen LogP contribution is -2.28. The van der Waals surface area contributed by atoms with Gasteiger partial charge in [-0.05, 0) is 61.1 Å². The minimum absolute atomic E-state index is 0.0270. The van der Waals surface area contributed by atoms with Crippen molar-refractivity contribution in [2.45, 2.75) is 52.3 Å². The van der Waals surface area contributed by atoms with Gasteiger partial charge < -0.3 is 10.1 Å². The van der Waals surface area contributed by atoms with E-state index >= 15 is 0 Å². The second-order valence-corrected chi connectivity index (χ2v) is 8.36. The van der Waals surface area contributed by atoms with E-state index in [1.54, 1.807) is 18.9 Å². The number of methoxy groups -OCH3 is 1.